The Morgan fingerprint density at radius 2 is 1.89 bits per heavy atom. The van der Waals surface area contributed by atoms with E-state index in [1.54, 1.807) is 20.8 Å². The lowest BCUT2D eigenvalue weighted by Crippen LogP contribution is -2.72. The second-order valence-electron chi connectivity index (χ2n) is 11.3. The summed E-state index contributed by atoms with van der Waals surface area (Å²) in [5.74, 6) is -0.271. The number of thiol groups is 1. The van der Waals surface area contributed by atoms with Crippen molar-refractivity contribution in [1.29, 1.82) is 0 Å². The van der Waals surface area contributed by atoms with Gasteiger partial charge in [-0.2, -0.15) is 0 Å². The van der Waals surface area contributed by atoms with Crippen molar-refractivity contribution in [2.45, 2.75) is 94.5 Å². The van der Waals surface area contributed by atoms with Crippen molar-refractivity contribution < 1.29 is 18.5 Å². The Balaban J connectivity index is 2.01. The highest BCUT2D eigenvalue weighted by molar-refractivity contribution is 9.10. The number of aromatic nitrogens is 1. The molecule has 1 aromatic rings. The fourth-order valence-electron chi connectivity index (χ4n) is 6.34. The number of fused-ring (bicyclic) bond motifs is 1. The SMILES string of the molecule is CC[Si](CC)(CC)c1cc(Br)nc([C@@]2(C)N=C(NC(=O)O)C(C)(C)[SH]3(=O)NCC4(CC4)C[C@@H]23)c1F. The minimum absolute atomic E-state index is 0.0449. The zero-order valence-corrected chi connectivity index (χ0v) is 24.9. The van der Waals surface area contributed by atoms with E-state index in [1.807, 2.05) is 6.07 Å². The van der Waals surface area contributed by atoms with Crippen molar-refractivity contribution in [2.24, 2.45) is 10.4 Å². The molecule has 7 nitrogen and oxygen atoms in total. The standard InChI is InChI=1S/C24H38BrFN4O3SSi/c1-7-35(8-2,9-3)15-12-17(25)28-19(18(15)26)23(6)16-13-24(10-11-24)14-27-34(16,33)22(4,5)20(30-23)29-21(31)32/h12,16,34H,7-11,13-14H2,1-6H3,(H,27,33)(H,29,30)(H,31,32)/t16-,23-/m0/s1. The molecule has 35 heavy (non-hydrogen) atoms. The van der Waals surface area contributed by atoms with Crippen LogP contribution >= 0.6 is 15.9 Å². The van der Waals surface area contributed by atoms with E-state index < -0.39 is 39.8 Å². The monoisotopic (exact) mass is 588 g/mol. The largest absolute Gasteiger partial charge is 0.465 e. The fraction of sp³-hybridized carbons (Fsp3) is 0.708. The molecule has 1 aromatic heterocycles. The Morgan fingerprint density at radius 1 is 1.29 bits per heavy atom. The van der Waals surface area contributed by atoms with Crippen LogP contribution in [0.25, 0.3) is 0 Å². The highest BCUT2D eigenvalue weighted by Crippen LogP contribution is 2.59. The molecular formula is C24H38BrFN4O3SSi. The van der Waals surface area contributed by atoms with Crippen LogP contribution in [-0.4, -0.2) is 50.8 Å². The second-order valence-corrected chi connectivity index (χ2v) is 20.7. The number of carbonyl (C=O) groups is 1. The van der Waals surface area contributed by atoms with Gasteiger partial charge in [-0.05, 0) is 82.8 Å². The molecule has 0 radical (unpaired) electrons. The van der Waals surface area contributed by atoms with E-state index in [9.17, 15) is 14.1 Å². The van der Waals surface area contributed by atoms with Crippen molar-refractivity contribution in [3.63, 3.8) is 0 Å². The molecular weight excluding hydrogens is 551 g/mol. The molecule has 1 spiro atoms. The van der Waals surface area contributed by atoms with E-state index in [2.05, 4.69) is 51.7 Å². The smallest absolute Gasteiger partial charge is 0.410 e. The Morgan fingerprint density at radius 3 is 2.40 bits per heavy atom. The maximum Gasteiger partial charge on any atom is 0.410 e. The minimum Gasteiger partial charge on any atom is -0.465 e. The molecule has 11 heteroatoms. The number of carboxylic acid groups (broad SMARTS) is 1. The van der Waals surface area contributed by atoms with Crippen molar-refractivity contribution in [3.05, 3.63) is 22.2 Å². The summed E-state index contributed by atoms with van der Waals surface area (Å²) >= 11 is 3.53. The molecule has 3 heterocycles. The highest BCUT2D eigenvalue weighted by Gasteiger charge is 2.64. The van der Waals surface area contributed by atoms with Gasteiger partial charge in [-0.3, -0.25) is 19.2 Å². The number of halogens is 2. The number of amides is 1. The summed E-state index contributed by atoms with van der Waals surface area (Å²) in [4.78, 5) is 21.2. The summed E-state index contributed by atoms with van der Waals surface area (Å²) in [6.07, 6.45) is 1.45. The summed E-state index contributed by atoms with van der Waals surface area (Å²) in [6.45, 7) is 12.3. The molecule has 4 rings (SSSR count). The third-order valence-corrected chi connectivity index (χ3v) is 19.4. The van der Waals surface area contributed by atoms with Crippen molar-refractivity contribution in [1.82, 2.24) is 15.0 Å². The molecule has 1 saturated carbocycles. The zero-order chi connectivity index (χ0) is 26.0. The van der Waals surface area contributed by atoms with E-state index in [-0.39, 0.29) is 22.8 Å². The predicted molar refractivity (Wildman–Crippen MR) is 146 cm³/mol. The first-order valence-corrected chi connectivity index (χ1v) is 17.8. The van der Waals surface area contributed by atoms with Gasteiger partial charge in [0.25, 0.3) is 0 Å². The quantitative estimate of drug-likeness (QED) is 0.232. The number of hydrogen-bond donors (Lipinski definition) is 4. The molecule has 1 aliphatic carbocycles. The van der Waals surface area contributed by atoms with Crippen molar-refractivity contribution in [2.75, 3.05) is 6.54 Å². The van der Waals surface area contributed by atoms with E-state index in [0.29, 0.717) is 17.6 Å². The molecule has 0 bridgehead atoms. The van der Waals surface area contributed by atoms with E-state index in [0.717, 1.165) is 36.2 Å². The number of rotatable bonds is 5. The van der Waals surface area contributed by atoms with E-state index in [1.165, 1.54) is 0 Å². The van der Waals surface area contributed by atoms with Crippen LogP contribution in [0.4, 0.5) is 9.18 Å². The molecule has 0 unspecified atom stereocenters. The first-order chi connectivity index (χ1) is 16.2. The number of hydrogen-bond acceptors (Lipinski definition) is 4. The third-order valence-electron chi connectivity index (χ3n) is 9.35. The van der Waals surface area contributed by atoms with Gasteiger partial charge in [-0.25, -0.2) is 14.2 Å². The van der Waals surface area contributed by atoms with Gasteiger partial charge in [0.2, 0.25) is 0 Å². The number of amidine groups is 1. The number of nitrogens with one attached hydrogen (secondary N) is 2. The van der Waals surface area contributed by atoms with Crippen LogP contribution in [0.15, 0.2) is 15.7 Å². The summed E-state index contributed by atoms with van der Waals surface area (Å²) in [7, 11) is -5.42. The first-order valence-electron chi connectivity index (χ1n) is 12.6. The Kier molecular flexibility index (Phi) is 6.68. The molecule has 3 aliphatic rings. The Bertz CT molecular complexity index is 1130. The molecule has 1 amide bonds. The summed E-state index contributed by atoms with van der Waals surface area (Å²) in [5, 5.41) is 12.2. The van der Waals surface area contributed by atoms with Crippen LogP contribution < -0.4 is 15.2 Å². The normalized spacial score (nSPS) is 29.1. The van der Waals surface area contributed by atoms with Crippen LogP contribution in [0.3, 0.4) is 0 Å². The van der Waals surface area contributed by atoms with Crippen molar-refractivity contribution >= 4 is 51.2 Å². The van der Waals surface area contributed by atoms with Gasteiger partial charge in [0.1, 0.15) is 27.5 Å². The molecule has 196 valence electrons. The van der Waals surface area contributed by atoms with Crippen LogP contribution in [0.5, 0.6) is 0 Å². The van der Waals surface area contributed by atoms with Gasteiger partial charge in [-0.1, -0.05) is 38.9 Å². The lowest BCUT2D eigenvalue weighted by atomic mass is 9.84. The minimum atomic E-state index is -3.29. The predicted octanol–water partition coefficient (Wildman–Crippen LogP) is 4.45. The van der Waals surface area contributed by atoms with Crippen molar-refractivity contribution in [3.8, 4) is 0 Å². The van der Waals surface area contributed by atoms with Crippen LogP contribution in [0, 0.1) is 11.2 Å². The lowest BCUT2D eigenvalue weighted by Gasteiger charge is -2.57. The first kappa shape index (κ1) is 26.9. The lowest BCUT2D eigenvalue weighted by molar-refractivity contribution is 0.199. The summed E-state index contributed by atoms with van der Waals surface area (Å²) in [5.41, 5.74) is -1.08. The van der Waals surface area contributed by atoms with E-state index in [4.69, 9.17) is 4.99 Å². The molecule has 2 aliphatic heterocycles. The van der Waals surface area contributed by atoms with Gasteiger partial charge in [0.15, 0.2) is 0 Å². The Hall–Kier alpha value is -1.17. The summed E-state index contributed by atoms with van der Waals surface area (Å²) < 4.78 is 34.3. The average Bonchev–Trinajstić information content (AvgIpc) is 3.56. The van der Waals surface area contributed by atoms with Gasteiger partial charge >= 0.3 is 6.09 Å². The van der Waals surface area contributed by atoms with Gasteiger partial charge in [0.05, 0.1) is 18.1 Å². The molecule has 0 aromatic carbocycles. The molecule has 2 atom stereocenters. The van der Waals surface area contributed by atoms with Gasteiger partial charge in [-0.15, -0.1) is 0 Å². The highest BCUT2D eigenvalue weighted by atomic mass is 79.9. The zero-order valence-electron chi connectivity index (χ0n) is 21.5. The second kappa shape index (κ2) is 8.70. The number of nitrogens with zero attached hydrogens (tertiary/aromatic N) is 2. The van der Waals surface area contributed by atoms with Crippen LogP contribution in [-0.2, 0) is 15.7 Å². The molecule has 2 fully saturated rings. The molecule has 1 saturated heterocycles. The topological polar surface area (TPSA) is 104 Å². The van der Waals surface area contributed by atoms with Crippen LogP contribution in [0.1, 0.15) is 66.5 Å². The number of pyridine rings is 1. The molecule has 3 N–H and O–H groups in total. The number of aliphatic imine (C=N–C) groups is 1. The Labute approximate surface area is 217 Å². The maximum atomic E-state index is 16.6. The maximum absolute atomic E-state index is 16.6. The summed E-state index contributed by atoms with van der Waals surface area (Å²) in [6, 6.07) is 4.52. The average molecular weight is 590 g/mol. The fourth-order valence-corrected chi connectivity index (χ4v) is 14.5. The van der Waals surface area contributed by atoms with Gasteiger partial charge < -0.3 is 5.11 Å². The third kappa shape index (κ3) is 3.95. The van der Waals surface area contributed by atoms with Crippen LogP contribution in [0.2, 0.25) is 18.1 Å². The van der Waals surface area contributed by atoms with Gasteiger partial charge in [0, 0.05) is 6.54 Å². The van der Waals surface area contributed by atoms with E-state index >= 15 is 4.39 Å².